The summed E-state index contributed by atoms with van der Waals surface area (Å²) in [5.74, 6) is 0.450. The molecule has 0 radical (unpaired) electrons. The van der Waals surface area contributed by atoms with Crippen molar-refractivity contribution in [1.82, 2.24) is 9.78 Å². The van der Waals surface area contributed by atoms with Gasteiger partial charge in [0.15, 0.2) is 5.75 Å². The van der Waals surface area contributed by atoms with Crippen LogP contribution in [0.3, 0.4) is 0 Å². The van der Waals surface area contributed by atoms with Crippen LogP contribution in [0.1, 0.15) is 36.2 Å². The van der Waals surface area contributed by atoms with Gasteiger partial charge in [0.1, 0.15) is 5.69 Å². The number of ether oxygens (including phenoxy) is 1. The molecule has 0 atom stereocenters. The van der Waals surface area contributed by atoms with E-state index >= 15 is 0 Å². The zero-order valence-corrected chi connectivity index (χ0v) is 9.69. The summed E-state index contributed by atoms with van der Waals surface area (Å²) >= 11 is 0. The minimum absolute atomic E-state index is 0.0538. The Morgan fingerprint density at radius 2 is 2.19 bits per heavy atom. The van der Waals surface area contributed by atoms with Crippen molar-refractivity contribution < 1.29 is 9.53 Å². The van der Waals surface area contributed by atoms with Gasteiger partial charge < -0.3 is 10.5 Å². The number of aromatic nitrogens is 2. The average molecular weight is 223 g/mol. The lowest BCUT2D eigenvalue weighted by Gasteiger charge is -2.21. The minimum atomic E-state index is -0.721. The molecule has 88 valence electrons. The average Bonchev–Trinajstić information content (AvgIpc) is 2.85. The lowest BCUT2D eigenvalue weighted by Crippen LogP contribution is -2.46. The van der Waals surface area contributed by atoms with Crippen LogP contribution in [-0.2, 0) is 7.05 Å². The molecule has 16 heavy (non-hydrogen) atoms. The molecule has 1 aliphatic carbocycles. The van der Waals surface area contributed by atoms with Gasteiger partial charge in [-0.3, -0.25) is 9.48 Å². The van der Waals surface area contributed by atoms with Crippen LogP contribution in [0.25, 0.3) is 0 Å². The van der Waals surface area contributed by atoms with Gasteiger partial charge in [0.25, 0.3) is 0 Å². The summed E-state index contributed by atoms with van der Waals surface area (Å²) < 4.78 is 6.67. The topological polar surface area (TPSA) is 70.1 Å². The molecule has 0 spiro atoms. The number of hydrogen-bond donors (Lipinski definition) is 1. The van der Waals surface area contributed by atoms with Gasteiger partial charge in [0.2, 0.25) is 5.78 Å². The van der Waals surface area contributed by atoms with Gasteiger partial charge in [0, 0.05) is 7.05 Å². The molecule has 0 aliphatic heterocycles. The number of carbonyl (C=O) groups excluding carboxylic acids is 1. The maximum absolute atomic E-state index is 12.4. The van der Waals surface area contributed by atoms with Crippen molar-refractivity contribution in [3.63, 3.8) is 0 Å². The van der Waals surface area contributed by atoms with E-state index in [9.17, 15) is 4.79 Å². The van der Waals surface area contributed by atoms with Crippen molar-refractivity contribution in [3.8, 4) is 5.75 Å². The number of aryl methyl sites for hydroxylation is 1. The third kappa shape index (κ3) is 1.61. The zero-order valence-electron chi connectivity index (χ0n) is 9.69. The molecule has 5 heteroatoms. The van der Waals surface area contributed by atoms with Crippen molar-refractivity contribution in [3.05, 3.63) is 11.9 Å². The second kappa shape index (κ2) is 3.90. The van der Waals surface area contributed by atoms with Crippen molar-refractivity contribution in [2.24, 2.45) is 12.8 Å². The van der Waals surface area contributed by atoms with Gasteiger partial charge in [-0.2, -0.15) is 5.10 Å². The van der Waals surface area contributed by atoms with Gasteiger partial charge >= 0.3 is 0 Å². The Morgan fingerprint density at radius 3 is 2.75 bits per heavy atom. The highest BCUT2D eigenvalue weighted by atomic mass is 16.5. The molecule has 0 bridgehead atoms. The molecule has 1 saturated carbocycles. The molecule has 1 aromatic heterocycles. The Morgan fingerprint density at radius 1 is 1.56 bits per heavy atom. The highest BCUT2D eigenvalue weighted by Crippen LogP contribution is 2.32. The van der Waals surface area contributed by atoms with E-state index in [0.717, 1.165) is 25.7 Å². The van der Waals surface area contributed by atoms with Crippen LogP contribution in [0.15, 0.2) is 6.20 Å². The number of rotatable bonds is 3. The van der Waals surface area contributed by atoms with Gasteiger partial charge in [-0.15, -0.1) is 0 Å². The first-order valence-electron chi connectivity index (χ1n) is 5.48. The lowest BCUT2D eigenvalue weighted by atomic mass is 9.91. The third-order valence-corrected chi connectivity index (χ3v) is 3.29. The minimum Gasteiger partial charge on any atom is -0.493 e. The Bertz CT molecular complexity index is 405. The van der Waals surface area contributed by atoms with Crippen molar-refractivity contribution >= 4 is 5.78 Å². The van der Waals surface area contributed by atoms with E-state index in [1.54, 1.807) is 13.2 Å². The van der Waals surface area contributed by atoms with Crippen molar-refractivity contribution in [1.29, 1.82) is 0 Å². The number of carbonyl (C=O) groups is 1. The summed E-state index contributed by atoms with van der Waals surface area (Å²) in [6.07, 6.45) is 5.08. The van der Waals surface area contributed by atoms with Crippen LogP contribution in [0.2, 0.25) is 0 Å². The number of nitrogens with zero attached hydrogens (tertiary/aromatic N) is 2. The summed E-state index contributed by atoms with van der Waals surface area (Å²) in [5.41, 5.74) is 5.90. The molecule has 0 unspecified atom stereocenters. The number of ketones is 1. The van der Waals surface area contributed by atoms with Gasteiger partial charge in [-0.25, -0.2) is 0 Å². The van der Waals surface area contributed by atoms with E-state index in [1.807, 2.05) is 0 Å². The predicted octanol–water partition coefficient (Wildman–Crippen LogP) is 0.883. The number of Topliss-reactive ketones (excluding diaryl/α,β-unsaturated/α-hetero) is 1. The molecule has 2 rings (SSSR count). The standard InChI is InChI=1S/C11H17N3O2/c1-14-9(8(16-2)7-13-14)10(15)11(12)5-3-4-6-11/h7H,3-6,12H2,1-2H3. The summed E-state index contributed by atoms with van der Waals surface area (Å²) in [5, 5.41) is 4.03. The van der Waals surface area contributed by atoms with Crippen molar-refractivity contribution in [2.45, 2.75) is 31.2 Å². The molecule has 1 fully saturated rings. The zero-order chi connectivity index (χ0) is 11.8. The van der Waals surface area contributed by atoms with Crippen molar-refractivity contribution in [2.75, 3.05) is 7.11 Å². The normalized spacial score (nSPS) is 18.7. The number of methoxy groups -OCH3 is 1. The molecule has 5 nitrogen and oxygen atoms in total. The second-order valence-electron chi connectivity index (χ2n) is 4.38. The smallest absolute Gasteiger partial charge is 0.204 e. The second-order valence-corrected chi connectivity index (χ2v) is 4.38. The monoisotopic (exact) mass is 223 g/mol. The Hall–Kier alpha value is -1.36. The summed E-state index contributed by atoms with van der Waals surface area (Å²) in [7, 11) is 3.26. The predicted molar refractivity (Wildman–Crippen MR) is 59.5 cm³/mol. The van der Waals surface area contributed by atoms with Crippen LogP contribution < -0.4 is 10.5 Å². The highest BCUT2D eigenvalue weighted by molar-refractivity contribution is 6.04. The van der Waals surface area contributed by atoms with Gasteiger partial charge in [0.05, 0.1) is 18.8 Å². The van der Waals surface area contributed by atoms with E-state index in [2.05, 4.69) is 5.10 Å². The molecule has 1 aromatic rings. The fraction of sp³-hybridized carbons (Fsp3) is 0.636. The molecule has 2 N–H and O–H groups in total. The summed E-state index contributed by atoms with van der Waals surface area (Å²) in [6, 6.07) is 0. The van der Waals surface area contributed by atoms with Crippen LogP contribution >= 0.6 is 0 Å². The molecular formula is C11H17N3O2. The lowest BCUT2D eigenvalue weighted by molar-refractivity contribution is 0.0879. The van der Waals surface area contributed by atoms with Gasteiger partial charge in [-0.05, 0) is 12.8 Å². The Balaban J connectivity index is 2.36. The fourth-order valence-corrected chi connectivity index (χ4v) is 2.29. The highest BCUT2D eigenvalue weighted by Gasteiger charge is 2.40. The van der Waals surface area contributed by atoms with E-state index in [1.165, 1.54) is 11.8 Å². The van der Waals surface area contributed by atoms with E-state index in [0.29, 0.717) is 11.4 Å². The molecule has 1 aliphatic rings. The molecule has 0 aromatic carbocycles. The van der Waals surface area contributed by atoms with Crippen LogP contribution in [-0.4, -0.2) is 28.2 Å². The maximum Gasteiger partial charge on any atom is 0.204 e. The molecule has 0 amide bonds. The number of hydrogen-bond acceptors (Lipinski definition) is 4. The van der Waals surface area contributed by atoms with E-state index in [-0.39, 0.29) is 5.78 Å². The summed E-state index contributed by atoms with van der Waals surface area (Å²) in [4.78, 5) is 12.4. The maximum atomic E-state index is 12.4. The largest absolute Gasteiger partial charge is 0.493 e. The first-order chi connectivity index (χ1) is 7.58. The Labute approximate surface area is 94.6 Å². The molecular weight excluding hydrogens is 206 g/mol. The SMILES string of the molecule is COc1cnn(C)c1C(=O)C1(N)CCCC1. The number of nitrogens with two attached hydrogens (primary N) is 1. The van der Waals surface area contributed by atoms with Gasteiger partial charge in [-0.1, -0.05) is 12.8 Å². The van der Waals surface area contributed by atoms with E-state index < -0.39 is 5.54 Å². The first kappa shape index (κ1) is 11.1. The first-order valence-corrected chi connectivity index (χ1v) is 5.48. The van der Waals surface area contributed by atoms with Crippen LogP contribution in [0, 0.1) is 0 Å². The fourth-order valence-electron chi connectivity index (χ4n) is 2.29. The van der Waals surface area contributed by atoms with Crippen LogP contribution in [0.5, 0.6) is 5.75 Å². The Kier molecular flexibility index (Phi) is 2.71. The van der Waals surface area contributed by atoms with E-state index in [4.69, 9.17) is 10.5 Å². The summed E-state index contributed by atoms with van der Waals surface area (Å²) in [6.45, 7) is 0. The molecule has 1 heterocycles. The van der Waals surface area contributed by atoms with Crippen LogP contribution in [0.4, 0.5) is 0 Å². The quantitative estimate of drug-likeness (QED) is 0.772. The third-order valence-electron chi connectivity index (χ3n) is 3.29. The molecule has 0 saturated heterocycles.